The summed E-state index contributed by atoms with van der Waals surface area (Å²) < 4.78 is 1.50. The van der Waals surface area contributed by atoms with Gasteiger partial charge in [-0.3, -0.25) is 9.59 Å². The first-order chi connectivity index (χ1) is 9.31. The molecule has 1 unspecified atom stereocenters. The van der Waals surface area contributed by atoms with Crippen LogP contribution < -0.4 is 10.6 Å². The second-order valence-electron chi connectivity index (χ2n) is 4.96. The van der Waals surface area contributed by atoms with Crippen LogP contribution in [-0.4, -0.2) is 24.4 Å². The highest BCUT2D eigenvalue weighted by Gasteiger charge is 2.18. The van der Waals surface area contributed by atoms with E-state index in [9.17, 15) is 9.59 Å². The van der Waals surface area contributed by atoms with E-state index in [1.165, 1.54) is 0 Å². The van der Waals surface area contributed by atoms with Crippen molar-refractivity contribution in [2.75, 3.05) is 6.54 Å². The van der Waals surface area contributed by atoms with E-state index in [0.717, 1.165) is 4.47 Å². The number of rotatable bonds is 5. The summed E-state index contributed by atoms with van der Waals surface area (Å²) in [6.45, 7) is 6.29. The summed E-state index contributed by atoms with van der Waals surface area (Å²) in [5, 5.41) is 5.48. The summed E-state index contributed by atoms with van der Waals surface area (Å²) in [7, 11) is 0. The third kappa shape index (κ3) is 5.25. The lowest BCUT2D eigenvalue weighted by Crippen LogP contribution is -2.45. The van der Waals surface area contributed by atoms with E-state index in [1.807, 2.05) is 19.9 Å². The zero-order valence-corrected chi connectivity index (χ0v) is 14.8. The van der Waals surface area contributed by atoms with Crippen LogP contribution in [0.5, 0.6) is 0 Å². The van der Waals surface area contributed by atoms with Crippen molar-refractivity contribution in [1.29, 1.82) is 0 Å². The quantitative estimate of drug-likeness (QED) is 0.790. The Hall–Kier alpha value is -0.880. The molecule has 0 saturated carbocycles. The van der Waals surface area contributed by atoms with Crippen molar-refractivity contribution < 1.29 is 9.59 Å². The second kappa shape index (κ2) is 7.78. The van der Waals surface area contributed by atoms with Crippen LogP contribution in [0.1, 0.15) is 31.1 Å². The Kier molecular flexibility index (Phi) is 6.68. The van der Waals surface area contributed by atoms with Crippen LogP contribution in [0.2, 0.25) is 0 Å². The Morgan fingerprint density at radius 1 is 1.20 bits per heavy atom. The number of amides is 2. The van der Waals surface area contributed by atoms with Gasteiger partial charge in [0.2, 0.25) is 5.91 Å². The lowest BCUT2D eigenvalue weighted by atomic mass is 10.2. The van der Waals surface area contributed by atoms with Gasteiger partial charge in [-0.15, -0.1) is 0 Å². The van der Waals surface area contributed by atoms with E-state index in [4.69, 9.17) is 0 Å². The van der Waals surface area contributed by atoms with Gasteiger partial charge in [-0.1, -0.05) is 29.8 Å². The first kappa shape index (κ1) is 17.2. The standard InChI is InChI=1S/C14H18Br2N2O2/c1-8(2)7-17-13(19)9(3)18-14(20)11-6-10(15)4-5-12(11)16/h4-6,8-9H,7H2,1-3H3,(H,17,19)(H,18,20). The average Bonchev–Trinajstić information content (AvgIpc) is 2.38. The summed E-state index contributed by atoms with van der Waals surface area (Å²) in [6.07, 6.45) is 0. The molecule has 0 fully saturated rings. The molecule has 20 heavy (non-hydrogen) atoms. The predicted octanol–water partition coefficient (Wildman–Crippen LogP) is 3.10. The number of hydrogen-bond donors (Lipinski definition) is 2. The van der Waals surface area contributed by atoms with Crippen LogP contribution in [0.4, 0.5) is 0 Å². The number of nitrogens with one attached hydrogen (secondary N) is 2. The number of carbonyl (C=O) groups is 2. The summed E-state index contributed by atoms with van der Waals surface area (Å²) in [6, 6.07) is 4.74. The molecular weight excluding hydrogens is 388 g/mol. The first-order valence-electron chi connectivity index (χ1n) is 6.35. The minimum atomic E-state index is -0.577. The van der Waals surface area contributed by atoms with Crippen molar-refractivity contribution >= 4 is 43.7 Å². The molecule has 1 rings (SSSR count). The summed E-state index contributed by atoms with van der Waals surface area (Å²) in [5.74, 6) is -0.0929. The second-order valence-corrected chi connectivity index (χ2v) is 6.73. The number of hydrogen-bond acceptors (Lipinski definition) is 2. The molecule has 110 valence electrons. The third-order valence-corrected chi connectivity index (χ3v) is 3.78. The van der Waals surface area contributed by atoms with Crippen LogP contribution in [-0.2, 0) is 4.79 Å². The molecule has 0 aliphatic carbocycles. The van der Waals surface area contributed by atoms with Gasteiger partial charge in [-0.2, -0.15) is 0 Å². The summed E-state index contributed by atoms with van der Waals surface area (Å²) in [4.78, 5) is 23.9. The van der Waals surface area contributed by atoms with Gasteiger partial charge in [-0.05, 0) is 47.0 Å². The van der Waals surface area contributed by atoms with Gasteiger partial charge in [0.05, 0.1) is 5.56 Å². The van der Waals surface area contributed by atoms with Crippen LogP contribution in [0.3, 0.4) is 0 Å². The Labute approximate surface area is 136 Å². The molecule has 0 bridgehead atoms. The van der Waals surface area contributed by atoms with Gasteiger partial charge in [-0.25, -0.2) is 0 Å². The zero-order chi connectivity index (χ0) is 15.3. The summed E-state index contributed by atoms with van der Waals surface area (Å²) in [5.41, 5.74) is 0.489. The fourth-order valence-electron chi connectivity index (χ4n) is 1.47. The van der Waals surface area contributed by atoms with Crippen molar-refractivity contribution in [3.05, 3.63) is 32.7 Å². The minimum absolute atomic E-state index is 0.182. The topological polar surface area (TPSA) is 58.2 Å². The van der Waals surface area contributed by atoms with Crippen molar-refractivity contribution in [2.24, 2.45) is 5.92 Å². The van der Waals surface area contributed by atoms with Gasteiger partial charge < -0.3 is 10.6 Å². The van der Waals surface area contributed by atoms with E-state index in [-0.39, 0.29) is 11.8 Å². The highest BCUT2D eigenvalue weighted by Crippen LogP contribution is 2.21. The predicted molar refractivity (Wildman–Crippen MR) is 86.6 cm³/mol. The fraction of sp³-hybridized carbons (Fsp3) is 0.429. The molecule has 0 saturated heterocycles. The molecular formula is C14H18Br2N2O2. The van der Waals surface area contributed by atoms with Crippen molar-refractivity contribution in [3.8, 4) is 0 Å². The van der Waals surface area contributed by atoms with Gasteiger partial charge >= 0.3 is 0 Å². The molecule has 2 amide bonds. The molecule has 0 aromatic heterocycles. The van der Waals surface area contributed by atoms with Gasteiger partial charge in [0, 0.05) is 15.5 Å². The lowest BCUT2D eigenvalue weighted by molar-refractivity contribution is -0.122. The Morgan fingerprint density at radius 2 is 1.85 bits per heavy atom. The molecule has 0 spiro atoms. The highest BCUT2D eigenvalue weighted by molar-refractivity contribution is 9.11. The zero-order valence-electron chi connectivity index (χ0n) is 11.7. The van der Waals surface area contributed by atoms with Gasteiger partial charge in [0.15, 0.2) is 0 Å². The van der Waals surface area contributed by atoms with Gasteiger partial charge in [0.25, 0.3) is 5.91 Å². The monoisotopic (exact) mass is 404 g/mol. The van der Waals surface area contributed by atoms with Crippen molar-refractivity contribution in [3.63, 3.8) is 0 Å². The van der Waals surface area contributed by atoms with Gasteiger partial charge in [0.1, 0.15) is 6.04 Å². The van der Waals surface area contributed by atoms with Crippen LogP contribution in [0.25, 0.3) is 0 Å². The number of carbonyl (C=O) groups excluding carboxylic acids is 2. The normalized spacial score (nSPS) is 12.1. The molecule has 0 aliphatic rings. The highest BCUT2D eigenvalue weighted by atomic mass is 79.9. The van der Waals surface area contributed by atoms with Crippen LogP contribution in [0.15, 0.2) is 27.1 Å². The first-order valence-corrected chi connectivity index (χ1v) is 7.93. The third-order valence-electron chi connectivity index (χ3n) is 2.60. The smallest absolute Gasteiger partial charge is 0.253 e. The van der Waals surface area contributed by atoms with Crippen LogP contribution >= 0.6 is 31.9 Å². The van der Waals surface area contributed by atoms with Crippen molar-refractivity contribution in [2.45, 2.75) is 26.8 Å². The average molecular weight is 406 g/mol. The maximum Gasteiger partial charge on any atom is 0.253 e. The van der Waals surface area contributed by atoms with E-state index < -0.39 is 6.04 Å². The van der Waals surface area contributed by atoms with E-state index in [2.05, 4.69) is 42.5 Å². The summed E-state index contributed by atoms with van der Waals surface area (Å²) >= 11 is 6.65. The maximum atomic E-state index is 12.1. The molecule has 2 N–H and O–H groups in total. The van der Waals surface area contributed by atoms with E-state index >= 15 is 0 Å². The van der Waals surface area contributed by atoms with E-state index in [0.29, 0.717) is 22.5 Å². The van der Waals surface area contributed by atoms with E-state index in [1.54, 1.807) is 19.1 Å². The molecule has 1 aromatic carbocycles. The Balaban J connectivity index is 2.65. The Morgan fingerprint density at radius 3 is 2.45 bits per heavy atom. The minimum Gasteiger partial charge on any atom is -0.354 e. The fourth-order valence-corrected chi connectivity index (χ4v) is 2.26. The number of halogens is 2. The molecule has 0 heterocycles. The molecule has 0 aliphatic heterocycles. The number of benzene rings is 1. The molecule has 1 aromatic rings. The largest absolute Gasteiger partial charge is 0.354 e. The molecule has 4 nitrogen and oxygen atoms in total. The SMILES string of the molecule is CC(C)CNC(=O)C(C)NC(=O)c1cc(Br)ccc1Br. The molecule has 6 heteroatoms. The molecule has 0 radical (unpaired) electrons. The Bertz CT molecular complexity index is 504. The lowest BCUT2D eigenvalue weighted by Gasteiger charge is -2.15. The van der Waals surface area contributed by atoms with Crippen molar-refractivity contribution in [1.82, 2.24) is 10.6 Å². The maximum absolute atomic E-state index is 12.1. The molecule has 1 atom stereocenters. The van der Waals surface area contributed by atoms with Crippen LogP contribution in [0, 0.1) is 5.92 Å².